The van der Waals surface area contributed by atoms with E-state index < -0.39 is 54.9 Å². The molecule has 0 aromatic heterocycles. The van der Waals surface area contributed by atoms with E-state index in [-0.39, 0.29) is 28.5 Å². The Kier molecular flexibility index (Phi) is 7.45. The van der Waals surface area contributed by atoms with Gasteiger partial charge in [-0.25, -0.2) is 0 Å². The summed E-state index contributed by atoms with van der Waals surface area (Å²) in [6.45, 7) is 0.756. The van der Waals surface area contributed by atoms with Crippen LogP contribution in [0.4, 0.5) is 11.4 Å². The van der Waals surface area contributed by atoms with Crippen LogP contribution in [0, 0.1) is 20.2 Å². The molecule has 2 aliphatic heterocycles. The van der Waals surface area contributed by atoms with Crippen molar-refractivity contribution in [2.24, 2.45) is 4.99 Å². The lowest BCUT2D eigenvalue weighted by Gasteiger charge is -2.47. The van der Waals surface area contributed by atoms with Gasteiger partial charge in [0.05, 0.1) is 9.85 Å². The van der Waals surface area contributed by atoms with Gasteiger partial charge in [-0.2, -0.15) is 8.42 Å². The normalized spacial score (nSPS) is 19.1. The fourth-order valence-corrected chi connectivity index (χ4v) is 6.46. The second kappa shape index (κ2) is 10.6. The Balaban J connectivity index is 1.60. The number of amides is 1. The fourth-order valence-electron chi connectivity index (χ4n) is 3.61. The fraction of sp³-hybridized carbons (Fsp3) is 0.227. The molecule has 16 heteroatoms. The first-order valence-electron chi connectivity index (χ1n) is 10.7. The van der Waals surface area contributed by atoms with E-state index in [1.807, 2.05) is 0 Å². The van der Waals surface area contributed by atoms with Crippen molar-refractivity contribution < 1.29 is 36.8 Å². The molecular weight excluding hydrogens is 544 g/mol. The van der Waals surface area contributed by atoms with E-state index in [9.17, 15) is 38.2 Å². The zero-order valence-electron chi connectivity index (χ0n) is 19.5. The van der Waals surface area contributed by atoms with Gasteiger partial charge in [-0.3, -0.25) is 39.7 Å². The minimum absolute atomic E-state index is 0.0868. The molecule has 2 heterocycles. The van der Waals surface area contributed by atoms with Gasteiger partial charge < -0.3 is 8.92 Å². The van der Waals surface area contributed by atoms with Gasteiger partial charge in [0.2, 0.25) is 0 Å². The lowest BCUT2D eigenvalue weighted by Crippen LogP contribution is -2.64. The van der Waals surface area contributed by atoms with Gasteiger partial charge in [0, 0.05) is 48.7 Å². The minimum atomic E-state index is -4.64. The highest BCUT2D eigenvalue weighted by molar-refractivity contribution is 8.00. The molecule has 2 aromatic carbocycles. The van der Waals surface area contributed by atoms with Crippen LogP contribution in [0.25, 0.3) is 0 Å². The molecule has 0 radical (unpaired) electrons. The number of thioether (sulfide) groups is 1. The molecule has 1 fully saturated rings. The number of carbonyl (C=O) groups excluding carboxylic acids is 2. The van der Waals surface area contributed by atoms with Crippen LogP contribution in [-0.4, -0.2) is 65.0 Å². The molecule has 2 atom stereocenters. The van der Waals surface area contributed by atoms with Gasteiger partial charge >= 0.3 is 16.1 Å². The molecule has 198 valence electrons. The number of rotatable bonds is 9. The predicted octanol–water partition coefficient (Wildman–Crippen LogP) is 2.39. The Morgan fingerprint density at radius 2 is 1.68 bits per heavy atom. The average molecular weight is 563 g/mol. The summed E-state index contributed by atoms with van der Waals surface area (Å²) >= 11 is 1.22. The Labute approximate surface area is 219 Å². The van der Waals surface area contributed by atoms with Crippen LogP contribution in [-0.2, 0) is 24.4 Å². The van der Waals surface area contributed by atoms with E-state index in [4.69, 9.17) is 8.92 Å². The standard InChI is InChI=1S/C22H18N4O10S2/c1-13(27)35-11-15-12-37-21-19(23-10-14-2-4-16(5-3-14)25(29)30)20(28)24(21)22(15)38(33,34)36-18-8-6-17(7-9-18)26(31)32/h2-10,19,21H,11-12H2,1H3/t19-,21+/m0/s1. The highest BCUT2D eigenvalue weighted by Crippen LogP contribution is 2.44. The third kappa shape index (κ3) is 5.50. The van der Waals surface area contributed by atoms with Crippen LogP contribution >= 0.6 is 11.8 Å². The SMILES string of the molecule is CC(=O)OCC1=C(S(=O)(=O)Oc2ccc([N+](=O)[O-])cc2)N2C(=O)[C@H](N=Cc3ccc([N+](=O)[O-])cc3)[C@H]2SC1. The van der Waals surface area contributed by atoms with Crippen LogP contribution in [0.2, 0.25) is 0 Å². The quantitative estimate of drug-likeness (QED) is 0.109. The van der Waals surface area contributed by atoms with Crippen molar-refractivity contribution >= 4 is 51.3 Å². The number of hydrogen-bond donors (Lipinski definition) is 0. The number of non-ortho nitro benzene ring substituents is 2. The summed E-state index contributed by atoms with van der Waals surface area (Å²) in [5.74, 6) is -1.43. The van der Waals surface area contributed by atoms with Crippen LogP contribution < -0.4 is 4.18 Å². The van der Waals surface area contributed by atoms with E-state index in [0.29, 0.717) is 5.56 Å². The van der Waals surface area contributed by atoms with Crippen molar-refractivity contribution in [1.29, 1.82) is 0 Å². The van der Waals surface area contributed by atoms with Crippen molar-refractivity contribution in [3.8, 4) is 5.75 Å². The molecule has 2 aromatic rings. The number of esters is 1. The molecule has 1 saturated heterocycles. The van der Waals surface area contributed by atoms with Crippen molar-refractivity contribution in [3.05, 3.63) is 84.9 Å². The Morgan fingerprint density at radius 3 is 2.24 bits per heavy atom. The second-order valence-corrected chi connectivity index (χ2v) is 10.5. The van der Waals surface area contributed by atoms with Crippen molar-refractivity contribution in [2.45, 2.75) is 18.3 Å². The van der Waals surface area contributed by atoms with Crippen molar-refractivity contribution in [1.82, 2.24) is 4.90 Å². The second-order valence-electron chi connectivity index (χ2n) is 7.96. The number of β-lactam (4-membered cyclic amide) rings is 1. The van der Waals surface area contributed by atoms with E-state index in [2.05, 4.69) is 4.99 Å². The summed E-state index contributed by atoms with van der Waals surface area (Å²) in [6, 6.07) is 8.90. The maximum atomic E-state index is 13.3. The summed E-state index contributed by atoms with van der Waals surface area (Å²) in [4.78, 5) is 50.1. The first-order valence-corrected chi connectivity index (χ1v) is 13.2. The smallest absolute Gasteiger partial charge is 0.355 e. The number of carbonyl (C=O) groups is 2. The molecular formula is C22H18N4O10S2. The molecule has 2 aliphatic rings. The molecule has 0 saturated carbocycles. The number of benzene rings is 2. The molecule has 0 bridgehead atoms. The van der Waals surface area contributed by atoms with Gasteiger partial charge in [0.15, 0.2) is 11.1 Å². The molecule has 0 unspecified atom stereocenters. The summed E-state index contributed by atoms with van der Waals surface area (Å²) in [7, 11) is -4.64. The predicted molar refractivity (Wildman–Crippen MR) is 134 cm³/mol. The molecule has 4 rings (SSSR count). The monoisotopic (exact) mass is 562 g/mol. The molecule has 1 amide bonds. The number of nitrogens with zero attached hydrogens (tertiary/aromatic N) is 4. The molecule has 0 spiro atoms. The maximum Gasteiger partial charge on any atom is 0.355 e. The highest BCUT2D eigenvalue weighted by Gasteiger charge is 2.55. The van der Waals surface area contributed by atoms with E-state index in [0.717, 1.165) is 36.1 Å². The van der Waals surface area contributed by atoms with Gasteiger partial charge in [-0.15, -0.1) is 11.8 Å². The largest absolute Gasteiger partial charge is 0.461 e. The number of hydrogen-bond acceptors (Lipinski definition) is 12. The van der Waals surface area contributed by atoms with Crippen LogP contribution in [0.1, 0.15) is 12.5 Å². The summed E-state index contributed by atoms with van der Waals surface area (Å²) < 4.78 is 36.7. The van der Waals surface area contributed by atoms with Crippen LogP contribution in [0.15, 0.2) is 64.1 Å². The third-order valence-corrected chi connectivity index (χ3v) is 8.09. The third-order valence-electron chi connectivity index (χ3n) is 5.39. The zero-order valence-corrected chi connectivity index (χ0v) is 21.1. The Bertz CT molecular complexity index is 1470. The first kappa shape index (κ1) is 26.7. The average Bonchev–Trinajstić information content (AvgIpc) is 2.87. The van der Waals surface area contributed by atoms with Gasteiger partial charge in [-0.1, -0.05) is 0 Å². The number of ether oxygens (including phenoxy) is 1. The summed E-state index contributed by atoms with van der Waals surface area (Å²) in [5.41, 5.74) is 0.243. The van der Waals surface area contributed by atoms with Crippen molar-refractivity contribution in [3.63, 3.8) is 0 Å². The van der Waals surface area contributed by atoms with E-state index >= 15 is 0 Å². The minimum Gasteiger partial charge on any atom is -0.461 e. The molecule has 38 heavy (non-hydrogen) atoms. The number of nitro benzene ring substituents is 2. The summed E-state index contributed by atoms with van der Waals surface area (Å²) in [6.07, 6.45) is 1.36. The van der Waals surface area contributed by atoms with E-state index in [1.165, 1.54) is 42.2 Å². The molecule has 0 N–H and O–H groups in total. The number of fused-ring (bicyclic) bond motifs is 1. The first-order chi connectivity index (χ1) is 18.0. The van der Waals surface area contributed by atoms with Crippen LogP contribution in [0.5, 0.6) is 5.75 Å². The molecule has 14 nitrogen and oxygen atoms in total. The highest BCUT2D eigenvalue weighted by atomic mass is 32.2. The lowest BCUT2D eigenvalue weighted by molar-refractivity contribution is -0.385. The lowest BCUT2D eigenvalue weighted by atomic mass is 10.1. The number of aliphatic imine (C=N–C) groups is 1. The number of nitro groups is 2. The summed E-state index contributed by atoms with van der Waals surface area (Å²) in [5, 5.41) is 20.5. The van der Waals surface area contributed by atoms with E-state index in [1.54, 1.807) is 0 Å². The zero-order chi connectivity index (χ0) is 27.6. The van der Waals surface area contributed by atoms with Gasteiger partial charge in [-0.05, 0) is 29.8 Å². The topological polar surface area (TPSA) is 189 Å². The molecule has 0 aliphatic carbocycles. The van der Waals surface area contributed by atoms with Crippen molar-refractivity contribution in [2.75, 3.05) is 12.4 Å². The van der Waals surface area contributed by atoms with Crippen LogP contribution in [0.3, 0.4) is 0 Å². The van der Waals surface area contributed by atoms with Gasteiger partial charge in [0.1, 0.15) is 17.7 Å². The maximum absolute atomic E-state index is 13.3. The van der Waals surface area contributed by atoms with Gasteiger partial charge in [0.25, 0.3) is 17.3 Å². The Morgan fingerprint density at radius 1 is 1.11 bits per heavy atom. The Hall–Kier alpha value is -4.31.